The number of hydrogen-bond acceptors (Lipinski definition) is 3. The molecule has 0 amide bonds. The predicted octanol–water partition coefficient (Wildman–Crippen LogP) is 4.25. The van der Waals surface area contributed by atoms with Crippen molar-refractivity contribution in [2.24, 2.45) is 5.92 Å². The summed E-state index contributed by atoms with van der Waals surface area (Å²) in [5.41, 5.74) is 0.599. The van der Waals surface area contributed by atoms with E-state index >= 15 is 0 Å². The van der Waals surface area contributed by atoms with Crippen LogP contribution in [-0.2, 0) is 0 Å². The quantitative estimate of drug-likeness (QED) is 0.596. The minimum absolute atomic E-state index is 0.145. The largest absolute Gasteiger partial charge is 0.496 e. The molecule has 0 unspecified atom stereocenters. The lowest BCUT2D eigenvalue weighted by molar-refractivity contribution is 0.0951. The number of Topliss-reactive ketones (excluding diaryl/α,β-unsaturated/α-hetero) is 1. The highest BCUT2D eigenvalue weighted by Gasteiger charge is 2.22. The highest BCUT2D eigenvalue weighted by Crippen LogP contribution is 2.33. The van der Waals surface area contributed by atoms with Gasteiger partial charge in [-0.25, -0.2) is 0 Å². The SMILES string of the molecule is COc1cccc(OC)c1C(=O)CC1CCCCCC1. The zero-order valence-electron chi connectivity index (χ0n) is 12.5. The molecule has 0 heterocycles. The Morgan fingerprint density at radius 1 is 1.05 bits per heavy atom. The van der Waals surface area contributed by atoms with Gasteiger partial charge in [-0.1, -0.05) is 44.6 Å². The number of hydrogen-bond donors (Lipinski definition) is 0. The van der Waals surface area contributed by atoms with Gasteiger partial charge < -0.3 is 9.47 Å². The third-order valence-corrected chi connectivity index (χ3v) is 4.16. The first-order chi connectivity index (χ1) is 9.76. The van der Waals surface area contributed by atoms with Crippen LogP contribution in [-0.4, -0.2) is 20.0 Å². The summed E-state index contributed by atoms with van der Waals surface area (Å²) < 4.78 is 10.6. The van der Waals surface area contributed by atoms with Crippen LogP contribution >= 0.6 is 0 Å². The molecule has 0 atom stereocenters. The molecule has 0 saturated heterocycles. The van der Waals surface area contributed by atoms with Gasteiger partial charge in [0.25, 0.3) is 0 Å². The summed E-state index contributed by atoms with van der Waals surface area (Å²) in [7, 11) is 3.19. The van der Waals surface area contributed by atoms with Crippen LogP contribution in [0.5, 0.6) is 11.5 Å². The van der Waals surface area contributed by atoms with E-state index in [9.17, 15) is 4.79 Å². The lowest BCUT2D eigenvalue weighted by Crippen LogP contribution is -2.11. The topological polar surface area (TPSA) is 35.5 Å². The van der Waals surface area contributed by atoms with E-state index in [2.05, 4.69) is 0 Å². The third-order valence-electron chi connectivity index (χ3n) is 4.16. The van der Waals surface area contributed by atoms with Gasteiger partial charge in [0.1, 0.15) is 17.1 Å². The molecule has 1 aromatic rings. The summed E-state index contributed by atoms with van der Waals surface area (Å²) in [5.74, 6) is 1.89. The van der Waals surface area contributed by atoms with E-state index in [1.807, 2.05) is 18.2 Å². The van der Waals surface area contributed by atoms with E-state index in [1.54, 1.807) is 14.2 Å². The van der Waals surface area contributed by atoms with Crippen LogP contribution in [0.15, 0.2) is 18.2 Å². The summed E-state index contributed by atoms with van der Waals surface area (Å²) >= 11 is 0. The molecule has 3 nitrogen and oxygen atoms in total. The van der Waals surface area contributed by atoms with E-state index in [-0.39, 0.29) is 5.78 Å². The number of benzene rings is 1. The second-order valence-corrected chi connectivity index (χ2v) is 5.52. The fourth-order valence-corrected chi connectivity index (χ4v) is 3.06. The van der Waals surface area contributed by atoms with E-state index in [0.29, 0.717) is 29.4 Å². The van der Waals surface area contributed by atoms with Crippen LogP contribution in [0.3, 0.4) is 0 Å². The van der Waals surface area contributed by atoms with Crippen LogP contribution in [0, 0.1) is 5.92 Å². The van der Waals surface area contributed by atoms with Crippen molar-refractivity contribution in [1.82, 2.24) is 0 Å². The number of carbonyl (C=O) groups excluding carboxylic acids is 1. The molecule has 0 spiro atoms. The van der Waals surface area contributed by atoms with Crippen LogP contribution in [0.4, 0.5) is 0 Å². The normalized spacial score (nSPS) is 16.5. The zero-order chi connectivity index (χ0) is 14.4. The monoisotopic (exact) mass is 276 g/mol. The molecule has 0 radical (unpaired) electrons. The van der Waals surface area contributed by atoms with Gasteiger partial charge in [0.15, 0.2) is 5.78 Å². The molecule has 20 heavy (non-hydrogen) atoms. The molecule has 1 aliphatic rings. The van der Waals surface area contributed by atoms with Gasteiger partial charge in [-0.05, 0) is 18.1 Å². The number of methoxy groups -OCH3 is 2. The van der Waals surface area contributed by atoms with E-state index in [1.165, 1.54) is 38.5 Å². The summed E-state index contributed by atoms with van der Waals surface area (Å²) in [6.07, 6.45) is 8.07. The molecule has 110 valence electrons. The fourth-order valence-electron chi connectivity index (χ4n) is 3.06. The summed E-state index contributed by atoms with van der Waals surface area (Å²) in [6.45, 7) is 0. The molecule has 0 bridgehead atoms. The zero-order valence-corrected chi connectivity index (χ0v) is 12.5. The van der Waals surface area contributed by atoms with Gasteiger partial charge in [0.2, 0.25) is 0 Å². The fraction of sp³-hybridized carbons (Fsp3) is 0.588. The van der Waals surface area contributed by atoms with Crippen LogP contribution in [0.25, 0.3) is 0 Å². The van der Waals surface area contributed by atoms with Crippen molar-refractivity contribution in [2.45, 2.75) is 44.9 Å². The Morgan fingerprint density at radius 3 is 2.10 bits per heavy atom. The molecule has 1 aliphatic carbocycles. The Balaban J connectivity index is 2.15. The molecular weight excluding hydrogens is 252 g/mol. The molecule has 2 rings (SSSR count). The standard InChI is InChI=1S/C17H24O3/c1-19-15-10-7-11-16(20-2)17(15)14(18)12-13-8-5-3-4-6-9-13/h7,10-11,13H,3-6,8-9,12H2,1-2H3. The number of ketones is 1. The highest BCUT2D eigenvalue weighted by atomic mass is 16.5. The molecule has 1 aromatic carbocycles. The summed E-state index contributed by atoms with van der Waals surface area (Å²) in [6, 6.07) is 5.49. The Labute approximate surface area is 121 Å². The lowest BCUT2D eigenvalue weighted by Gasteiger charge is -2.16. The minimum Gasteiger partial charge on any atom is -0.496 e. The molecule has 1 saturated carbocycles. The summed E-state index contributed by atoms with van der Waals surface area (Å²) in [4.78, 5) is 12.6. The molecular formula is C17H24O3. The average molecular weight is 276 g/mol. The second-order valence-electron chi connectivity index (χ2n) is 5.52. The Hall–Kier alpha value is -1.51. The maximum atomic E-state index is 12.6. The average Bonchev–Trinajstić information content (AvgIpc) is 2.74. The van der Waals surface area contributed by atoms with Crippen molar-refractivity contribution < 1.29 is 14.3 Å². The van der Waals surface area contributed by atoms with Gasteiger partial charge in [-0.15, -0.1) is 0 Å². The maximum absolute atomic E-state index is 12.6. The first-order valence-electron chi connectivity index (χ1n) is 7.50. The smallest absolute Gasteiger partial charge is 0.170 e. The Bertz CT molecular complexity index is 423. The lowest BCUT2D eigenvalue weighted by atomic mass is 9.91. The van der Waals surface area contributed by atoms with E-state index in [0.717, 1.165) is 0 Å². The minimum atomic E-state index is 0.145. The van der Waals surface area contributed by atoms with Gasteiger partial charge >= 0.3 is 0 Å². The first kappa shape index (κ1) is 14.9. The molecule has 0 N–H and O–H groups in total. The van der Waals surface area contributed by atoms with Crippen molar-refractivity contribution in [1.29, 1.82) is 0 Å². The number of ether oxygens (including phenoxy) is 2. The van der Waals surface area contributed by atoms with E-state index < -0.39 is 0 Å². The van der Waals surface area contributed by atoms with Gasteiger partial charge in [0, 0.05) is 6.42 Å². The second kappa shape index (κ2) is 7.32. The number of rotatable bonds is 5. The Morgan fingerprint density at radius 2 is 1.60 bits per heavy atom. The maximum Gasteiger partial charge on any atom is 0.170 e. The van der Waals surface area contributed by atoms with Crippen molar-refractivity contribution in [2.75, 3.05) is 14.2 Å². The molecule has 0 aromatic heterocycles. The number of carbonyl (C=O) groups is 1. The Kier molecular flexibility index (Phi) is 5.45. The van der Waals surface area contributed by atoms with Gasteiger partial charge in [-0.2, -0.15) is 0 Å². The third kappa shape index (κ3) is 3.53. The van der Waals surface area contributed by atoms with Crippen LogP contribution < -0.4 is 9.47 Å². The molecule has 3 heteroatoms. The van der Waals surface area contributed by atoms with Crippen molar-refractivity contribution >= 4 is 5.78 Å². The predicted molar refractivity (Wildman–Crippen MR) is 79.7 cm³/mol. The first-order valence-corrected chi connectivity index (χ1v) is 7.50. The van der Waals surface area contributed by atoms with Gasteiger partial charge in [0.05, 0.1) is 14.2 Å². The van der Waals surface area contributed by atoms with Crippen molar-refractivity contribution in [3.63, 3.8) is 0 Å². The highest BCUT2D eigenvalue weighted by molar-refractivity contribution is 6.01. The summed E-state index contributed by atoms with van der Waals surface area (Å²) in [5, 5.41) is 0. The van der Waals surface area contributed by atoms with Gasteiger partial charge in [-0.3, -0.25) is 4.79 Å². The molecule has 0 aliphatic heterocycles. The molecule has 1 fully saturated rings. The van der Waals surface area contributed by atoms with Crippen LogP contribution in [0.2, 0.25) is 0 Å². The van der Waals surface area contributed by atoms with Crippen LogP contribution in [0.1, 0.15) is 55.3 Å². The van der Waals surface area contributed by atoms with E-state index in [4.69, 9.17) is 9.47 Å². The van der Waals surface area contributed by atoms with Crippen molar-refractivity contribution in [3.8, 4) is 11.5 Å². The van der Waals surface area contributed by atoms with Crippen molar-refractivity contribution in [3.05, 3.63) is 23.8 Å².